The number of ether oxygens (including phenoxy) is 2. The second-order valence-corrected chi connectivity index (χ2v) is 15.4. The van der Waals surface area contributed by atoms with Gasteiger partial charge in [0.25, 0.3) is 0 Å². The molecule has 4 aliphatic carbocycles. The number of phenolic OH excluding ortho intramolecular Hbond substituents is 1. The third-order valence-electron chi connectivity index (χ3n) is 11.1. The van der Waals surface area contributed by atoms with E-state index in [0.717, 1.165) is 29.5 Å². The fraction of sp³-hybridized carbons (Fsp3) is 0.513. The Morgan fingerprint density at radius 2 is 1.76 bits per heavy atom. The highest BCUT2D eigenvalue weighted by Gasteiger charge is 2.81. The predicted molar refractivity (Wildman–Crippen MR) is 179 cm³/mol. The smallest absolute Gasteiger partial charge is 0.244 e. The number of carbonyl (C=O) groups excluding carboxylic acids is 3. The Bertz CT molecular complexity index is 1730. The van der Waals surface area contributed by atoms with E-state index in [4.69, 9.17) is 15.2 Å². The van der Waals surface area contributed by atoms with Gasteiger partial charge in [-0.3, -0.25) is 14.4 Å². The predicted octanol–water partition coefficient (Wildman–Crippen LogP) is 7.05. The first-order valence-corrected chi connectivity index (χ1v) is 16.5. The summed E-state index contributed by atoms with van der Waals surface area (Å²) in [7, 11) is 0. The maximum Gasteiger partial charge on any atom is 0.244 e. The van der Waals surface area contributed by atoms with E-state index in [-0.39, 0.29) is 40.6 Å². The summed E-state index contributed by atoms with van der Waals surface area (Å²) < 4.78 is 14.0. The molecule has 2 heterocycles. The third kappa shape index (κ3) is 4.52. The van der Waals surface area contributed by atoms with Gasteiger partial charge in [0.05, 0.1) is 5.60 Å². The number of nitrogens with two attached hydrogens (primary N) is 1. The Balaban J connectivity index is 1.59. The number of hydrogen-bond acceptors (Lipinski definition) is 6. The first-order valence-electron chi connectivity index (χ1n) is 16.5. The Labute approximate surface area is 272 Å². The molecule has 46 heavy (non-hydrogen) atoms. The van der Waals surface area contributed by atoms with E-state index in [9.17, 15) is 19.5 Å². The largest absolute Gasteiger partial charge is 0.506 e. The molecule has 244 valence electrons. The lowest BCUT2D eigenvalue weighted by molar-refractivity contribution is -0.171. The highest BCUT2D eigenvalue weighted by atomic mass is 16.6. The number of allylic oxidation sites excluding steroid dienone is 6. The molecule has 7 nitrogen and oxygen atoms in total. The SMILES string of the molecule is CC(C)=CCC[C@]1(C)C=Cc2c(O)c3c(c(CC=C(C)C)c2C1)O[C@]12C(=C[C@@H]4C[C@H]1C(C)(C)O[C@@]2(C/C=C(/C)C(N)=O)C4=O)C3=O. The number of carbonyl (C=O) groups is 3. The van der Waals surface area contributed by atoms with Gasteiger partial charge in [0, 0.05) is 40.5 Å². The van der Waals surface area contributed by atoms with Crippen molar-refractivity contribution in [2.45, 2.75) is 111 Å². The first kappa shape index (κ1) is 32.2. The van der Waals surface area contributed by atoms with Crippen molar-refractivity contribution < 1.29 is 29.0 Å². The van der Waals surface area contributed by atoms with Crippen LogP contribution in [0.1, 0.15) is 108 Å². The normalized spacial score (nSPS) is 31.4. The van der Waals surface area contributed by atoms with Crippen LogP contribution in [0.3, 0.4) is 0 Å². The maximum absolute atomic E-state index is 14.8. The fourth-order valence-corrected chi connectivity index (χ4v) is 8.70. The van der Waals surface area contributed by atoms with Gasteiger partial charge in [-0.2, -0.15) is 0 Å². The monoisotopic (exact) mass is 625 g/mol. The topological polar surface area (TPSA) is 116 Å². The summed E-state index contributed by atoms with van der Waals surface area (Å²) >= 11 is 0. The standard InChI is InChI=1S/C39H47NO6/c1-21(2)10-9-15-37(8)16-14-25-27(20-37)26(12-11-22(3)4)33-30(31(25)41)32(42)28-18-24-19-29-36(6,7)46-38(34(24)43,39(28,29)45-33)17-13-23(5)35(40)44/h10-11,13-14,16,18,24,29,41H,9,12,15,17,19-20H2,1-8H3,(H2,40,44)/b23-13-/t24-,29+,37-,38+,39-/m1/s1. The van der Waals surface area contributed by atoms with Crippen molar-refractivity contribution in [3.05, 3.63) is 74.9 Å². The van der Waals surface area contributed by atoms with E-state index in [1.807, 2.05) is 33.8 Å². The number of hydrogen-bond donors (Lipinski definition) is 2. The minimum Gasteiger partial charge on any atom is -0.506 e. The summed E-state index contributed by atoms with van der Waals surface area (Å²) in [6.45, 7) is 16.0. The molecule has 1 saturated heterocycles. The van der Waals surface area contributed by atoms with Crippen LogP contribution >= 0.6 is 0 Å². The summed E-state index contributed by atoms with van der Waals surface area (Å²) in [5, 5.41) is 11.9. The molecule has 2 fully saturated rings. The van der Waals surface area contributed by atoms with Gasteiger partial charge in [0.15, 0.2) is 22.8 Å². The highest BCUT2D eigenvalue weighted by molar-refractivity contribution is 6.19. The van der Waals surface area contributed by atoms with Gasteiger partial charge in [-0.1, -0.05) is 54.5 Å². The summed E-state index contributed by atoms with van der Waals surface area (Å²) in [6.07, 6.45) is 15.5. The molecule has 0 unspecified atom stereocenters. The van der Waals surface area contributed by atoms with E-state index in [1.54, 1.807) is 19.1 Å². The number of rotatable bonds is 8. The third-order valence-corrected chi connectivity index (χ3v) is 11.1. The van der Waals surface area contributed by atoms with Crippen molar-refractivity contribution in [2.75, 3.05) is 0 Å². The van der Waals surface area contributed by atoms with Crippen molar-refractivity contribution in [2.24, 2.45) is 23.0 Å². The van der Waals surface area contributed by atoms with Gasteiger partial charge < -0.3 is 20.3 Å². The summed E-state index contributed by atoms with van der Waals surface area (Å²) in [5.74, 6) is -1.64. The van der Waals surface area contributed by atoms with Gasteiger partial charge in [0.1, 0.15) is 17.1 Å². The summed E-state index contributed by atoms with van der Waals surface area (Å²) in [6, 6.07) is 0. The first-order chi connectivity index (χ1) is 21.5. The molecule has 1 amide bonds. The van der Waals surface area contributed by atoms with Crippen molar-refractivity contribution in [3.8, 4) is 11.5 Å². The Kier molecular flexibility index (Phi) is 7.47. The molecule has 4 bridgehead atoms. The second-order valence-electron chi connectivity index (χ2n) is 15.4. The van der Waals surface area contributed by atoms with Crippen LogP contribution < -0.4 is 10.5 Å². The Hall–Kier alpha value is -3.71. The number of benzene rings is 1. The molecule has 1 aromatic rings. The van der Waals surface area contributed by atoms with Gasteiger partial charge in [-0.15, -0.1) is 0 Å². The van der Waals surface area contributed by atoms with Gasteiger partial charge in [-0.05, 0) is 91.5 Å². The molecule has 0 aromatic heterocycles. The molecule has 5 atom stereocenters. The quantitative estimate of drug-likeness (QED) is 0.236. The molecule has 2 aliphatic heterocycles. The molecule has 3 N–H and O–H groups in total. The number of Topliss-reactive ketones (excluding diaryl/α,β-unsaturated/α-hetero) is 2. The van der Waals surface area contributed by atoms with E-state index in [2.05, 4.69) is 39.0 Å². The summed E-state index contributed by atoms with van der Waals surface area (Å²) in [4.78, 5) is 41.2. The lowest BCUT2D eigenvalue weighted by Gasteiger charge is -2.56. The number of primary amides is 1. The van der Waals surface area contributed by atoms with E-state index >= 15 is 0 Å². The number of ketones is 2. The number of amides is 1. The Morgan fingerprint density at radius 3 is 2.41 bits per heavy atom. The van der Waals surface area contributed by atoms with Gasteiger partial charge in [0.2, 0.25) is 5.91 Å². The number of aromatic hydroxyl groups is 1. The molecule has 1 saturated carbocycles. The highest BCUT2D eigenvalue weighted by Crippen LogP contribution is 2.68. The molecule has 7 rings (SSSR count). The van der Waals surface area contributed by atoms with Crippen LogP contribution in [0.5, 0.6) is 11.5 Å². The fourth-order valence-electron chi connectivity index (χ4n) is 8.70. The molecule has 6 aliphatic rings. The van der Waals surface area contributed by atoms with Crippen LogP contribution in [-0.2, 0) is 27.2 Å². The van der Waals surface area contributed by atoms with Crippen LogP contribution in [0, 0.1) is 17.3 Å². The molecule has 7 heteroatoms. The number of fused-ring (bicyclic) bond motifs is 2. The minimum atomic E-state index is -1.53. The van der Waals surface area contributed by atoms with E-state index < -0.39 is 28.6 Å². The molecular weight excluding hydrogens is 578 g/mol. The lowest BCUT2D eigenvalue weighted by Crippen LogP contribution is -2.72. The molecule has 0 radical (unpaired) electrons. The van der Waals surface area contributed by atoms with Crippen molar-refractivity contribution >= 4 is 23.5 Å². The summed E-state index contributed by atoms with van der Waals surface area (Å²) in [5.41, 5.74) is 7.38. The van der Waals surface area contributed by atoms with Crippen LogP contribution in [-0.4, -0.2) is 39.4 Å². The molecular formula is C39H47NO6. The zero-order chi connectivity index (χ0) is 33.6. The maximum atomic E-state index is 14.8. The Morgan fingerprint density at radius 1 is 1.07 bits per heavy atom. The van der Waals surface area contributed by atoms with E-state index in [1.165, 1.54) is 5.57 Å². The van der Waals surface area contributed by atoms with E-state index in [0.29, 0.717) is 41.7 Å². The molecule has 1 aromatic carbocycles. The van der Waals surface area contributed by atoms with Crippen molar-refractivity contribution in [3.63, 3.8) is 0 Å². The van der Waals surface area contributed by atoms with Crippen LogP contribution in [0.4, 0.5) is 0 Å². The van der Waals surface area contributed by atoms with Crippen molar-refractivity contribution in [1.29, 1.82) is 0 Å². The van der Waals surface area contributed by atoms with Gasteiger partial charge in [-0.25, -0.2) is 0 Å². The zero-order valence-corrected chi connectivity index (χ0v) is 28.4. The molecule has 1 spiro atoms. The van der Waals surface area contributed by atoms with Gasteiger partial charge >= 0.3 is 0 Å². The van der Waals surface area contributed by atoms with Crippen LogP contribution in [0.15, 0.2) is 52.7 Å². The van der Waals surface area contributed by atoms with Crippen LogP contribution in [0.25, 0.3) is 6.08 Å². The zero-order valence-electron chi connectivity index (χ0n) is 28.4. The number of phenols is 1. The second kappa shape index (κ2) is 10.7. The average molecular weight is 626 g/mol. The average Bonchev–Trinajstić information content (AvgIpc) is 3.12. The van der Waals surface area contributed by atoms with Crippen LogP contribution in [0.2, 0.25) is 0 Å². The minimum absolute atomic E-state index is 0.0440. The lowest BCUT2D eigenvalue weighted by atomic mass is 9.51. The van der Waals surface area contributed by atoms with Crippen molar-refractivity contribution in [1.82, 2.24) is 0 Å².